The second kappa shape index (κ2) is 11.0. The number of methoxy groups -OCH3 is 1. The molecule has 3 amide bonds. The number of amides is 3. The number of nitrogens with one attached hydrogen (secondary N) is 3. The standard InChI is InChI=1S/C24H32FN5O3/c1-5-29-10-12-30(13-11-29)22-8-6-18(25)14-20(22)16(2)26-24(32)28-21-15-19(27-17(3)31)7-9-23(21)33-4/h6-9,14-16H,5,10-13H2,1-4H3,(H,27,31)(H2,26,28,32). The number of benzene rings is 2. The molecule has 3 N–H and O–H groups in total. The van der Waals surface area contributed by atoms with Gasteiger partial charge in [-0.3, -0.25) is 4.79 Å². The second-order valence-corrected chi connectivity index (χ2v) is 8.04. The SMILES string of the molecule is CCN1CCN(c2ccc(F)cc2C(C)NC(=O)Nc2cc(NC(C)=O)ccc2OC)CC1. The van der Waals surface area contributed by atoms with Gasteiger partial charge in [0.15, 0.2) is 0 Å². The molecule has 9 heteroatoms. The van der Waals surface area contributed by atoms with Crippen LogP contribution in [0.25, 0.3) is 0 Å². The predicted octanol–water partition coefficient (Wildman–Crippen LogP) is 3.82. The van der Waals surface area contributed by atoms with E-state index in [9.17, 15) is 14.0 Å². The van der Waals surface area contributed by atoms with Crippen molar-refractivity contribution in [1.29, 1.82) is 0 Å². The van der Waals surface area contributed by atoms with Crippen LogP contribution >= 0.6 is 0 Å². The number of hydrogen-bond donors (Lipinski definition) is 3. The van der Waals surface area contributed by atoms with Crippen molar-refractivity contribution in [1.82, 2.24) is 10.2 Å². The van der Waals surface area contributed by atoms with Crippen LogP contribution in [0.4, 0.5) is 26.2 Å². The van der Waals surface area contributed by atoms with Crippen LogP contribution < -0.4 is 25.6 Å². The van der Waals surface area contributed by atoms with E-state index >= 15 is 0 Å². The zero-order chi connectivity index (χ0) is 24.0. The number of ether oxygens (including phenoxy) is 1. The number of likely N-dealkylation sites (N-methyl/N-ethyl adjacent to an activating group) is 1. The second-order valence-electron chi connectivity index (χ2n) is 8.04. The summed E-state index contributed by atoms with van der Waals surface area (Å²) in [6.45, 7) is 9.96. The zero-order valence-corrected chi connectivity index (χ0v) is 19.6. The van der Waals surface area contributed by atoms with E-state index in [0.717, 1.165) is 38.4 Å². The van der Waals surface area contributed by atoms with Gasteiger partial charge in [-0.2, -0.15) is 0 Å². The molecule has 1 saturated heterocycles. The van der Waals surface area contributed by atoms with Crippen LogP contribution in [-0.4, -0.2) is 56.7 Å². The van der Waals surface area contributed by atoms with Crippen molar-refractivity contribution in [2.24, 2.45) is 0 Å². The highest BCUT2D eigenvalue weighted by molar-refractivity contribution is 5.94. The van der Waals surface area contributed by atoms with Gasteiger partial charge >= 0.3 is 6.03 Å². The molecule has 0 saturated carbocycles. The minimum Gasteiger partial charge on any atom is -0.495 e. The first kappa shape index (κ1) is 24.3. The molecule has 0 radical (unpaired) electrons. The normalized spacial score (nSPS) is 15.0. The van der Waals surface area contributed by atoms with Crippen LogP contribution in [-0.2, 0) is 4.79 Å². The lowest BCUT2D eigenvalue weighted by Crippen LogP contribution is -2.46. The Bertz CT molecular complexity index is 992. The van der Waals surface area contributed by atoms with Crippen LogP contribution in [0.1, 0.15) is 32.4 Å². The molecule has 178 valence electrons. The molecule has 1 aliphatic heterocycles. The van der Waals surface area contributed by atoms with Gasteiger partial charge in [0, 0.05) is 50.0 Å². The molecule has 1 fully saturated rings. The van der Waals surface area contributed by atoms with E-state index in [1.54, 1.807) is 24.3 Å². The first-order valence-corrected chi connectivity index (χ1v) is 11.1. The van der Waals surface area contributed by atoms with Crippen molar-refractivity contribution < 1.29 is 18.7 Å². The topological polar surface area (TPSA) is 85.9 Å². The lowest BCUT2D eigenvalue weighted by molar-refractivity contribution is -0.114. The number of nitrogens with zero attached hydrogens (tertiary/aromatic N) is 2. The maximum atomic E-state index is 14.1. The number of anilines is 3. The molecular weight excluding hydrogens is 425 g/mol. The fraction of sp³-hybridized carbons (Fsp3) is 0.417. The van der Waals surface area contributed by atoms with Gasteiger partial charge < -0.3 is 30.5 Å². The first-order chi connectivity index (χ1) is 15.8. The molecule has 1 heterocycles. The van der Waals surface area contributed by atoms with Crippen molar-refractivity contribution >= 4 is 29.0 Å². The fourth-order valence-electron chi connectivity index (χ4n) is 3.98. The minimum absolute atomic E-state index is 0.220. The van der Waals surface area contributed by atoms with E-state index in [0.29, 0.717) is 22.7 Å². The summed E-state index contributed by atoms with van der Waals surface area (Å²) in [4.78, 5) is 28.7. The summed E-state index contributed by atoms with van der Waals surface area (Å²) in [6, 6.07) is 8.76. The van der Waals surface area contributed by atoms with Gasteiger partial charge in [-0.25, -0.2) is 9.18 Å². The van der Waals surface area contributed by atoms with E-state index in [-0.39, 0.29) is 11.7 Å². The summed E-state index contributed by atoms with van der Waals surface area (Å²) in [5.74, 6) is -0.116. The number of carbonyl (C=O) groups is 2. The number of rotatable bonds is 7. The Kier molecular flexibility index (Phi) is 8.11. The summed E-state index contributed by atoms with van der Waals surface area (Å²) in [5, 5.41) is 8.33. The van der Waals surface area contributed by atoms with Gasteiger partial charge in [0.2, 0.25) is 5.91 Å². The quantitative estimate of drug-likeness (QED) is 0.589. The van der Waals surface area contributed by atoms with Gasteiger partial charge in [-0.15, -0.1) is 0 Å². The minimum atomic E-state index is -0.466. The average Bonchev–Trinajstić information content (AvgIpc) is 2.79. The van der Waals surface area contributed by atoms with Gasteiger partial charge in [-0.1, -0.05) is 6.92 Å². The molecule has 33 heavy (non-hydrogen) atoms. The predicted molar refractivity (Wildman–Crippen MR) is 129 cm³/mol. The van der Waals surface area contributed by atoms with Crippen molar-refractivity contribution in [3.63, 3.8) is 0 Å². The summed E-state index contributed by atoms with van der Waals surface area (Å²) >= 11 is 0. The largest absolute Gasteiger partial charge is 0.495 e. The van der Waals surface area contributed by atoms with Gasteiger partial charge in [0.05, 0.1) is 18.8 Å². The average molecular weight is 458 g/mol. The monoisotopic (exact) mass is 457 g/mol. The van der Waals surface area contributed by atoms with Gasteiger partial charge in [-0.05, 0) is 49.9 Å². The number of urea groups is 1. The van der Waals surface area contributed by atoms with E-state index < -0.39 is 12.1 Å². The summed E-state index contributed by atoms with van der Waals surface area (Å²) in [5.41, 5.74) is 2.58. The Morgan fingerprint density at radius 1 is 1.09 bits per heavy atom. The lowest BCUT2D eigenvalue weighted by atomic mass is 10.0. The molecule has 1 atom stereocenters. The maximum Gasteiger partial charge on any atom is 0.319 e. The molecule has 0 aliphatic carbocycles. The molecular formula is C24H32FN5O3. The van der Waals surface area contributed by atoms with Crippen LogP contribution in [0.3, 0.4) is 0 Å². The third-order valence-electron chi connectivity index (χ3n) is 5.73. The van der Waals surface area contributed by atoms with E-state index in [2.05, 4.69) is 32.7 Å². The summed E-state index contributed by atoms with van der Waals surface area (Å²) in [7, 11) is 1.50. The molecule has 2 aromatic rings. The summed E-state index contributed by atoms with van der Waals surface area (Å²) in [6.07, 6.45) is 0. The Balaban J connectivity index is 1.74. The number of carbonyl (C=O) groups excluding carboxylic acids is 2. The Labute approximate surface area is 194 Å². The highest BCUT2D eigenvalue weighted by Gasteiger charge is 2.22. The molecule has 0 spiro atoms. The van der Waals surface area contributed by atoms with Crippen molar-refractivity contribution in [3.8, 4) is 5.75 Å². The van der Waals surface area contributed by atoms with Gasteiger partial charge in [0.25, 0.3) is 0 Å². The zero-order valence-electron chi connectivity index (χ0n) is 19.6. The van der Waals surface area contributed by atoms with E-state index in [4.69, 9.17) is 4.74 Å². The smallest absolute Gasteiger partial charge is 0.319 e. The Morgan fingerprint density at radius 3 is 2.45 bits per heavy atom. The van der Waals surface area contributed by atoms with Crippen molar-refractivity contribution in [2.75, 3.05) is 55.4 Å². The highest BCUT2D eigenvalue weighted by atomic mass is 19.1. The van der Waals surface area contributed by atoms with Gasteiger partial charge in [0.1, 0.15) is 11.6 Å². The fourth-order valence-corrected chi connectivity index (χ4v) is 3.98. The Hall–Kier alpha value is -3.33. The van der Waals surface area contributed by atoms with E-state index in [1.807, 2.05) is 6.92 Å². The number of piperazine rings is 1. The molecule has 0 aromatic heterocycles. The number of hydrogen-bond acceptors (Lipinski definition) is 5. The molecule has 1 aliphatic rings. The molecule has 2 aromatic carbocycles. The Morgan fingerprint density at radius 2 is 1.82 bits per heavy atom. The van der Waals surface area contributed by atoms with Crippen molar-refractivity contribution in [3.05, 3.63) is 47.8 Å². The van der Waals surface area contributed by atoms with Crippen LogP contribution in [0.2, 0.25) is 0 Å². The first-order valence-electron chi connectivity index (χ1n) is 11.1. The molecule has 8 nitrogen and oxygen atoms in total. The van der Waals surface area contributed by atoms with Crippen LogP contribution in [0.15, 0.2) is 36.4 Å². The molecule has 1 unspecified atom stereocenters. The number of halogens is 1. The van der Waals surface area contributed by atoms with Crippen LogP contribution in [0, 0.1) is 5.82 Å². The molecule has 0 bridgehead atoms. The van der Waals surface area contributed by atoms with Crippen LogP contribution in [0.5, 0.6) is 5.75 Å². The lowest BCUT2D eigenvalue weighted by Gasteiger charge is -2.37. The third-order valence-corrected chi connectivity index (χ3v) is 5.73. The third kappa shape index (κ3) is 6.35. The maximum absolute atomic E-state index is 14.1. The van der Waals surface area contributed by atoms with Crippen molar-refractivity contribution in [2.45, 2.75) is 26.8 Å². The highest BCUT2D eigenvalue weighted by Crippen LogP contribution is 2.30. The van der Waals surface area contributed by atoms with E-state index in [1.165, 1.54) is 26.2 Å². The summed E-state index contributed by atoms with van der Waals surface area (Å²) < 4.78 is 19.4. The molecule has 3 rings (SSSR count).